The van der Waals surface area contributed by atoms with Gasteiger partial charge in [0, 0.05) is 38.4 Å². The molecule has 2 heterocycles. The number of benzene rings is 1. The molecular weight excluding hydrogens is 448 g/mol. The van der Waals surface area contributed by atoms with Crippen LogP contribution in [0.5, 0.6) is 0 Å². The van der Waals surface area contributed by atoms with E-state index in [0.717, 1.165) is 13.0 Å². The van der Waals surface area contributed by atoms with Crippen molar-refractivity contribution in [1.29, 1.82) is 0 Å². The molecule has 1 saturated heterocycles. The first-order chi connectivity index (χ1) is 11.5. The number of hydrogen-bond acceptors (Lipinski definition) is 5. The fourth-order valence-electron chi connectivity index (χ4n) is 2.83. The van der Waals surface area contributed by atoms with Crippen molar-refractivity contribution in [3.8, 4) is 0 Å². The molecule has 2 aliphatic rings. The van der Waals surface area contributed by atoms with Crippen LogP contribution < -0.4 is 15.5 Å². The van der Waals surface area contributed by atoms with E-state index in [-0.39, 0.29) is 36.1 Å². The summed E-state index contributed by atoms with van der Waals surface area (Å²) in [6.07, 6.45) is -3.45. The van der Waals surface area contributed by atoms with Gasteiger partial charge in [-0.15, -0.1) is 24.0 Å². The lowest BCUT2D eigenvalue weighted by atomic mass is 10.0. The lowest BCUT2D eigenvalue weighted by Gasteiger charge is -2.30. The number of rotatable bonds is 3. The van der Waals surface area contributed by atoms with Gasteiger partial charge in [0.15, 0.2) is 5.96 Å². The standard InChI is InChI=1S/C16H21F3N4O.HI/c17-16(18,19)14-10-13(23-6-8-24-9-7-23)3-2-12(14)11-22-15-20-4-1-5-21-15;/h2-3,10H,1,4-9,11H2,(H2,20,21,22);1H. The van der Waals surface area contributed by atoms with Gasteiger partial charge in [-0.05, 0) is 24.1 Å². The van der Waals surface area contributed by atoms with E-state index in [1.165, 1.54) is 6.07 Å². The van der Waals surface area contributed by atoms with Crippen molar-refractivity contribution in [3.05, 3.63) is 29.3 Å². The third kappa shape index (κ3) is 5.37. The third-order valence-electron chi connectivity index (χ3n) is 4.12. The summed E-state index contributed by atoms with van der Waals surface area (Å²) >= 11 is 0. The fraction of sp³-hybridized carbons (Fsp3) is 0.562. The van der Waals surface area contributed by atoms with Crippen LogP contribution in [0.1, 0.15) is 17.5 Å². The van der Waals surface area contributed by atoms with Crippen molar-refractivity contribution in [2.45, 2.75) is 19.1 Å². The molecule has 1 fully saturated rings. The highest BCUT2D eigenvalue weighted by atomic mass is 127. The highest BCUT2D eigenvalue weighted by Crippen LogP contribution is 2.35. The maximum atomic E-state index is 13.4. The molecule has 0 aliphatic carbocycles. The number of nitrogens with one attached hydrogen (secondary N) is 2. The first-order valence-corrected chi connectivity index (χ1v) is 8.09. The van der Waals surface area contributed by atoms with E-state index in [1.807, 2.05) is 4.90 Å². The van der Waals surface area contributed by atoms with Crippen molar-refractivity contribution >= 4 is 35.6 Å². The highest BCUT2D eigenvalue weighted by molar-refractivity contribution is 14.0. The number of halogens is 4. The summed E-state index contributed by atoms with van der Waals surface area (Å²) in [5.41, 5.74) is 0.201. The molecule has 140 valence electrons. The van der Waals surface area contributed by atoms with E-state index < -0.39 is 11.7 Å². The zero-order valence-electron chi connectivity index (χ0n) is 13.7. The average molecular weight is 470 g/mol. The normalized spacial score (nSPS) is 18.0. The molecule has 3 rings (SSSR count). The number of morpholine rings is 1. The number of anilines is 1. The average Bonchev–Trinajstić information content (AvgIpc) is 2.61. The molecule has 0 aromatic heterocycles. The van der Waals surface area contributed by atoms with E-state index in [1.54, 1.807) is 12.1 Å². The Bertz CT molecular complexity index is 604. The minimum Gasteiger partial charge on any atom is -0.378 e. The number of ether oxygens (including phenoxy) is 1. The van der Waals surface area contributed by atoms with Gasteiger partial charge >= 0.3 is 6.18 Å². The molecule has 1 aromatic carbocycles. The molecule has 0 saturated carbocycles. The van der Waals surface area contributed by atoms with Crippen LogP contribution in [0.3, 0.4) is 0 Å². The third-order valence-corrected chi connectivity index (χ3v) is 4.12. The maximum Gasteiger partial charge on any atom is 0.416 e. The number of nitrogens with zero attached hydrogens (tertiary/aromatic N) is 2. The van der Waals surface area contributed by atoms with Crippen LogP contribution in [-0.2, 0) is 17.5 Å². The Labute approximate surface area is 162 Å². The molecule has 1 aromatic rings. The number of alkyl halides is 3. The Morgan fingerprint density at radius 2 is 2.00 bits per heavy atom. The van der Waals surface area contributed by atoms with Gasteiger partial charge in [0.2, 0.25) is 0 Å². The summed E-state index contributed by atoms with van der Waals surface area (Å²) in [5, 5.41) is 6.00. The number of aliphatic imine (C=N–C) groups is 1. The largest absolute Gasteiger partial charge is 0.416 e. The van der Waals surface area contributed by atoms with E-state index in [2.05, 4.69) is 15.6 Å². The highest BCUT2D eigenvalue weighted by Gasteiger charge is 2.34. The van der Waals surface area contributed by atoms with Gasteiger partial charge in [-0.2, -0.15) is 13.2 Å². The van der Waals surface area contributed by atoms with Crippen LogP contribution in [0.4, 0.5) is 18.9 Å². The van der Waals surface area contributed by atoms with Gasteiger partial charge in [0.05, 0.1) is 18.8 Å². The van der Waals surface area contributed by atoms with Gasteiger partial charge in [0.1, 0.15) is 0 Å². The van der Waals surface area contributed by atoms with Crippen molar-refractivity contribution in [2.24, 2.45) is 4.99 Å². The molecule has 0 radical (unpaired) electrons. The predicted molar refractivity (Wildman–Crippen MR) is 102 cm³/mol. The van der Waals surface area contributed by atoms with Gasteiger partial charge in [-0.1, -0.05) is 6.07 Å². The van der Waals surface area contributed by atoms with Gasteiger partial charge in [0.25, 0.3) is 0 Å². The second-order valence-electron chi connectivity index (χ2n) is 5.80. The van der Waals surface area contributed by atoms with Crippen molar-refractivity contribution in [1.82, 2.24) is 10.6 Å². The molecule has 25 heavy (non-hydrogen) atoms. The second-order valence-corrected chi connectivity index (χ2v) is 5.80. The summed E-state index contributed by atoms with van der Waals surface area (Å²) in [6, 6.07) is 4.52. The SMILES string of the molecule is FC(F)(F)c1cc(N2CCOCC2)ccc1CNC1=NCCCN1.I. The summed E-state index contributed by atoms with van der Waals surface area (Å²) in [7, 11) is 0. The van der Waals surface area contributed by atoms with E-state index in [9.17, 15) is 13.2 Å². The van der Waals surface area contributed by atoms with Crippen molar-refractivity contribution < 1.29 is 17.9 Å². The zero-order chi connectivity index (χ0) is 17.0. The Morgan fingerprint density at radius 3 is 2.64 bits per heavy atom. The molecule has 0 bridgehead atoms. The maximum absolute atomic E-state index is 13.4. The second kappa shape index (κ2) is 8.93. The van der Waals surface area contributed by atoms with Crippen LogP contribution in [0.15, 0.2) is 23.2 Å². The summed E-state index contributed by atoms with van der Waals surface area (Å²) in [6.45, 7) is 3.85. The lowest BCUT2D eigenvalue weighted by molar-refractivity contribution is -0.138. The van der Waals surface area contributed by atoms with Crippen molar-refractivity contribution in [3.63, 3.8) is 0 Å². The van der Waals surface area contributed by atoms with Crippen LogP contribution >= 0.6 is 24.0 Å². The molecule has 0 spiro atoms. The zero-order valence-corrected chi connectivity index (χ0v) is 16.1. The van der Waals surface area contributed by atoms with E-state index in [4.69, 9.17) is 4.74 Å². The molecule has 0 unspecified atom stereocenters. The molecule has 2 aliphatic heterocycles. The molecule has 0 atom stereocenters. The van der Waals surface area contributed by atoms with Crippen molar-refractivity contribution in [2.75, 3.05) is 44.3 Å². The van der Waals surface area contributed by atoms with Crippen LogP contribution in [-0.4, -0.2) is 45.4 Å². The van der Waals surface area contributed by atoms with Gasteiger partial charge in [-0.3, -0.25) is 4.99 Å². The van der Waals surface area contributed by atoms with Gasteiger partial charge < -0.3 is 20.3 Å². The van der Waals surface area contributed by atoms with Crippen LogP contribution in [0.2, 0.25) is 0 Å². The first-order valence-electron chi connectivity index (χ1n) is 8.09. The van der Waals surface area contributed by atoms with Crippen LogP contribution in [0, 0.1) is 0 Å². The Kier molecular flexibility index (Phi) is 7.17. The molecular formula is C16H22F3IN4O. The summed E-state index contributed by atoms with van der Waals surface area (Å²) < 4.78 is 45.6. The van der Waals surface area contributed by atoms with Crippen LogP contribution in [0.25, 0.3) is 0 Å². The number of hydrogen-bond donors (Lipinski definition) is 2. The fourth-order valence-corrected chi connectivity index (χ4v) is 2.83. The summed E-state index contributed by atoms with van der Waals surface area (Å²) in [4.78, 5) is 6.14. The smallest absolute Gasteiger partial charge is 0.378 e. The Hall–Kier alpha value is -1.23. The first kappa shape index (κ1) is 20.1. The molecule has 5 nitrogen and oxygen atoms in total. The minimum atomic E-state index is -4.39. The summed E-state index contributed by atoms with van der Waals surface area (Å²) in [5.74, 6) is 0.562. The minimum absolute atomic E-state index is 0. The van der Waals surface area contributed by atoms with E-state index >= 15 is 0 Å². The van der Waals surface area contributed by atoms with E-state index in [0.29, 0.717) is 44.5 Å². The Morgan fingerprint density at radius 1 is 1.24 bits per heavy atom. The quantitative estimate of drug-likeness (QED) is 0.668. The Balaban J connectivity index is 0.00000225. The van der Waals surface area contributed by atoms with Gasteiger partial charge in [-0.25, -0.2) is 0 Å². The predicted octanol–water partition coefficient (Wildman–Crippen LogP) is 2.60. The number of guanidine groups is 1. The monoisotopic (exact) mass is 470 g/mol. The topological polar surface area (TPSA) is 48.9 Å². The molecule has 9 heteroatoms. The molecule has 2 N–H and O–H groups in total. The molecule has 0 amide bonds. The lowest BCUT2D eigenvalue weighted by Crippen LogP contribution is -2.40.